The molecule has 4 nitrogen and oxygen atoms in total. The monoisotopic (exact) mass is 353 g/mol. The fourth-order valence-corrected chi connectivity index (χ4v) is 2.66. The molecule has 138 valence electrons. The number of H-pyrrole nitrogens is 1. The van der Waals surface area contributed by atoms with Crippen molar-refractivity contribution in [2.75, 3.05) is 6.61 Å². The van der Waals surface area contributed by atoms with Gasteiger partial charge in [0.05, 0.1) is 6.61 Å². The van der Waals surface area contributed by atoms with E-state index in [0.717, 1.165) is 17.7 Å². The molecule has 3 aromatic rings. The van der Waals surface area contributed by atoms with Crippen molar-refractivity contribution in [3.8, 4) is 5.75 Å². The topological polar surface area (TPSA) is 51.3 Å². The number of carbonyl (C=O) groups excluding carboxylic acids is 1. The summed E-state index contributed by atoms with van der Waals surface area (Å²) < 4.78 is 10.2. The Morgan fingerprint density at radius 2 is 1.85 bits per heavy atom. The van der Waals surface area contributed by atoms with Crippen molar-refractivity contribution in [2.24, 2.45) is 5.92 Å². The predicted octanol–water partition coefficient (Wildman–Crippen LogP) is 5.12. The highest BCUT2D eigenvalue weighted by Gasteiger charge is 2.08. The maximum atomic E-state index is 9.18. The van der Waals surface area contributed by atoms with Gasteiger partial charge in [0.2, 0.25) is 0 Å². The van der Waals surface area contributed by atoms with Crippen LogP contribution in [-0.2, 0) is 22.6 Å². The second kappa shape index (κ2) is 10.3. The summed E-state index contributed by atoms with van der Waals surface area (Å²) in [4.78, 5) is 12.7. The largest absolute Gasteiger partial charge is 0.488 e. The van der Waals surface area contributed by atoms with Crippen molar-refractivity contribution in [1.82, 2.24) is 4.98 Å². The van der Waals surface area contributed by atoms with Crippen molar-refractivity contribution >= 4 is 17.4 Å². The van der Waals surface area contributed by atoms with Crippen molar-refractivity contribution in [2.45, 2.75) is 33.8 Å². The molecule has 0 amide bonds. The molecule has 0 aliphatic heterocycles. The van der Waals surface area contributed by atoms with E-state index in [2.05, 4.69) is 47.8 Å². The van der Waals surface area contributed by atoms with Crippen LogP contribution in [0.1, 0.15) is 32.0 Å². The van der Waals surface area contributed by atoms with Crippen LogP contribution in [0, 0.1) is 5.92 Å². The Kier molecular flexibility index (Phi) is 7.75. The Hall–Kier alpha value is -2.75. The van der Waals surface area contributed by atoms with Crippen molar-refractivity contribution in [3.05, 3.63) is 65.9 Å². The first-order chi connectivity index (χ1) is 12.6. The Morgan fingerprint density at radius 1 is 1.08 bits per heavy atom. The zero-order chi connectivity index (χ0) is 18.8. The third kappa shape index (κ3) is 5.96. The number of aromatic amines is 1. The molecule has 0 fully saturated rings. The number of nitrogens with one attached hydrogen (secondary N) is 1. The molecule has 2 aromatic carbocycles. The number of hydrogen-bond donors (Lipinski definition) is 1. The molecule has 0 saturated carbocycles. The molecule has 3 rings (SSSR count). The number of hydrogen-bond acceptors (Lipinski definition) is 3. The van der Waals surface area contributed by atoms with Gasteiger partial charge in [-0.1, -0.05) is 50.2 Å². The smallest absolute Gasteiger partial charge is 0.293 e. The Labute approximate surface area is 155 Å². The average molecular weight is 353 g/mol. The molecule has 0 radical (unpaired) electrons. The minimum atomic E-state index is 0.431. The first kappa shape index (κ1) is 19.6. The number of fused-ring (bicyclic) bond motifs is 1. The van der Waals surface area contributed by atoms with Crippen LogP contribution in [0.4, 0.5) is 0 Å². The van der Waals surface area contributed by atoms with Crippen LogP contribution in [-0.4, -0.2) is 18.1 Å². The molecule has 4 heteroatoms. The Morgan fingerprint density at radius 3 is 2.46 bits per heavy atom. The fourth-order valence-electron chi connectivity index (χ4n) is 2.66. The highest BCUT2D eigenvalue weighted by Crippen LogP contribution is 2.28. The summed E-state index contributed by atoms with van der Waals surface area (Å²) >= 11 is 0. The molecule has 1 aromatic heterocycles. The minimum absolute atomic E-state index is 0.431. The summed E-state index contributed by atoms with van der Waals surface area (Å²) in [7, 11) is 0. The van der Waals surface area contributed by atoms with Gasteiger partial charge < -0.3 is 14.5 Å². The van der Waals surface area contributed by atoms with E-state index >= 15 is 0 Å². The summed E-state index contributed by atoms with van der Waals surface area (Å²) in [5, 5.41) is 1.17. The molecule has 26 heavy (non-hydrogen) atoms. The summed E-state index contributed by atoms with van der Waals surface area (Å²) in [5.41, 5.74) is 3.61. The molecular weight excluding hydrogens is 326 g/mol. The normalized spacial score (nSPS) is 10.3. The third-order valence-electron chi connectivity index (χ3n) is 3.78. The first-order valence-corrected chi connectivity index (χ1v) is 8.96. The number of carbonyl (C=O) groups is 1. The van der Waals surface area contributed by atoms with E-state index in [1.54, 1.807) is 6.92 Å². The van der Waals surface area contributed by atoms with Crippen LogP contribution in [0.15, 0.2) is 54.6 Å². The highest BCUT2D eigenvalue weighted by atomic mass is 16.5. The molecule has 0 bridgehead atoms. The average Bonchev–Trinajstić information content (AvgIpc) is 3.04. The van der Waals surface area contributed by atoms with Crippen LogP contribution >= 0.6 is 0 Å². The summed E-state index contributed by atoms with van der Waals surface area (Å²) in [6.07, 6.45) is 1.06. The molecule has 0 saturated heterocycles. The van der Waals surface area contributed by atoms with Gasteiger partial charge in [0.25, 0.3) is 6.47 Å². The van der Waals surface area contributed by atoms with Gasteiger partial charge in [-0.25, -0.2) is 0 Å². The molecule has 0 aliphatic carbocycles. The quantitative estimate of drug-likeness (QED) is 0.599. The van der Waals surface area contributed by atoms with Crippen molar-refractivity contribution < 1.29 is 14.3 Å². The van der Waals surface area contributed by atoms with E-state index in [0.29, 0.717) is 25.6 Å². The van der Waals surface area contributed by atoms with Crippen LogP contribution in [0.3, 0.4) is 0 Å². The summed E-state index contributed by atoms with van der Waals surface area (Å²) in [6.45, 7) is 7.74. The van der Waals surface area contributed by atoms with Crippen LogP contribution in [0.25, 0.3) is 10.9 Å². The van der Waals surface area contributed by atoms with Gasteiger partial charge in [-0.3, -0.25) is 4.79 Å². The number of ether oxygens (including phenoxy) is 2. The molecule has 1 N–H and O–H groups in total. The highest BCUT2D eigenvalue weighted by molar-refractivity contribution is 5.86. The van der Waals surface area contributed by atoms with Crippen LogP contribution < -0.4 is 4.74 Å². The van der Waals surface area contributed by atoms with Gasteiger partial charge in [-0.05, 0) is 43.0 Å². The minimum Gasteiger partial charge on any atom is -0.488 e. The van der Waals surface area contributed by atoms with Gasteiger partial charge in [0.1, 0.15) is 12.4 Å². The second-order valence-corrected chi connectivity index (χ2v) is 6.44. The lowest BCUT2D eigenvalue weighted by atomic mass is 10.1. The van der Waals surface area contributed by atoms with E-state index in [-0.39, 0.29) is 0 Å². The lowest BCUT2D eigenvalue weighted by Crippen LogP contribution is -1.95. The standard InChI is InChI=1S/C19H21NO.C3H6O2/c1-14(2)11-16-12-17-18(20-16)9-6-10-19(17)21-13-15-7-4-3-5-8-15;1-2-5-3-4/h3-10,12,14,20H,11,13H2,1-2H3;3H,2H2,1H3. The van der Waals surface area contributed by atoms with Gasteiger partial charge >= 0.3 is 0 Å². The number of benzene rings is 2. The zero-order valence-corrected chi connectivity index (χ0v) is 15.7. The third-order valence-corrected chi connectivity index (χ3v) is 3.78. The molecule has 0 unspecified atom stereocenters. The fraction of sp³-hybridized carbons (Fsp3) is 0.318. The predicted molar refractivity (Wildman–Crippen MR) is 105 cm³/mol. The Balaban J connectivity index is 0.000000431. The lowest BCUT2D eigenvalue weighted by Gasteiger charge is -2.07. The van der Waals surface area contributed by atoms with Crippen LogP contribution in [0.5, 0.6) is 5.75 Å². The molecule has 0 aliphatic rings. The van der Waals surface area contributed by atoms with Crippen molar-refractivity contribution in [3.63, 3.8) is 0 Å². The van der Waals surface area contributed by atoms with E-state index < -0.39 is 0 Å². The molecule has 0 atom stereocenters. The summed E-state index contributed by atoms with van der Waals surface area (Å²) in [5.74, 6) is 1.59. The van der Waals surface area contributed by atoms with Gasteiger partial charge in [0.15, 0.2) is 0 Å². The maximum Gasteiger partial charge on any atom is 0.293 e. The lowest BCUT2D eigenvalue weighted by molar-refractivity contribution is -0.128. The van der Waals surface area contributed by atoms with E-state index in [1.165, 1.54) is 16.6 Å². The molecule has 0 spiro atoms. The second-order valence-electron chi connectivity index (χ2n) is 6.44. The van der Waals surface area contributed by atoms with E-state index in [4.69, 9.17) is 4.74 Å². The first-order valence-electron chi connectivity index (χ1n) is 8.96. The zero-order valence-electron chi connectivity index (χ0n) is 15.7. The van der Waals surface area contributed by atoms with E-state index in [1.807, 2.05) is 30.3 Å². The van der Waals surface area contributed by atoms with Gasteiger partial charge in [-0.2, -0.15) is 0 Å². The Bertz CT molecular complexity index is 794. The molecular formula is C22H27NO3. The number of rotatable bonds is 7. The van der Waals surface area contributed by atoms with Gasteiger partial charge in [0, 0.05) is 16.6 Å². The molecule has 1 heterocycles. The van der Waals surface area contributed by atoms with Crippen molar-refractivity contribution in [1.29, 1.82) is 0 Å². The maximum absolute atomic E-state index is 9.18. The SMILES string of the molecule is CC(C)Cc1cc2c(OCc3ccccc3)cccc2[nH]1.CCOC=O. The van der Waals surface area contributed by atoms with Gasteiger partial charge in [-0.15, -0.1) is 0 Å². The van der Waals surface area contributed by atoms with Crippen LogP contribution in [0.2, 0.25) is 0 Å². The summed E-state index contributed by atoms with van der Waals surface area (Å²) in [6, 6.07) is 18.7. The number of aromatic nitrogens is 1. The van der Waals surface area contributed by atoms with E-state index in [9.17, 15) is 4.79 Å².